The largest absolute Gasteiger partial charge is 0.502 e. The van der Waals surface area contributed by atoms with Crippen LogP contribution in [0, 0.1) is 0 Å². The highest BCUT2D eigenvalue weighted by Crippen LogP contribution is 2.39. The van der Waals surface area contributed by atoms with Gasteiger partial charge >= 0.3 is 0 Å². The SMILES string of the molecule is COc1cc(OCC=C(Cl)Cl)cc(OC)c1O. The summed E-state index contributed by atoms with van der Waals surface area (Å²) in [6.07, 6.45) is 1.49. The van der Waals surface area contributed by atoms with E-state index in [0.29, 0.717) is 5.75 Å². The summed E-state index contributed by atoms with van der Waals surface area (Å²) < 4.78 is 15.4. The van der Waals surface area contributed by atoms with Gasteiger partial charge in [-0.25, -0.2) is 0 Å². The molecule has 1 aromatic carbocycles. The molecule has 0 fully saturated rings. The minimum absolute atomic E-state index is 0.0757. The van der Waals surface area contributed by atoms with Gasteiger partial charge in [-0.05, 0) is 6.08 Å². The monoisotopic (exact) mass is 278 g/mol. The van der Waals surface area contributed by atoms with Gasteiger partial charge in [0.25, 0.3) is 0 Å². The molecule has 1 aromatic rings. The molecule has 6 heteroatoms. The van der Waals surface area contributed by atoms with Gasteiger partial charge in [-0.2, -0.15) is 0 Å². The van der Waals surface area contributed by atoms with Crippen LogP contribution in [-0.2, 0) is 0 Å². The molecule has 94 valence electrons. The van der Waals surface area contributed by atoms with E-state index in [1.165, 1.54) is 32.4 Å². The Labute approximate surface area is 109 Å². The summed E-state index contributed by atoms with van der Waals surface area (Å²) in [4.78, 5) is 0. The smallest absolute Gasteiger partial charge is 0.201 e. The summed E-state index contributed by atoms with van der Waals surface area (Å²) in [5, 5.41) is 9.67. The van der Waals surface area contributed by atoms with E-state index in [9.17, 15) is 5.11 Å². The molecule has 0 aliphatic heterocycles. The first-order valence-corrected chi connectivity index (χ1v) is 5.43. The lowest BCUT2D eigenvalue weighted by atomic mass is 10.2. The quantitative estimate of drug-likeness (QED) is 0.899. The highest BCUT2D eigenvalue weighted by Gasteiger charge is 2.11. The van der Waals surface area contributed by atoms with Gasteiger partial charge in [0.05, 0.1) is 14.2 Å². The topological polar surface area (TPSA) is 47.9 Å². The van der Waals surface area contributed by atoms with E-state index in [-0.39, 0.29) is 28.3 Å². The molecule has 0 spiro atoms. The Morgan fingerprint density at radius 3 is 2.18 bits per heavy atom. The number of aromatic hydroxyl groups is 1. The zero-order valence-electron chi connectivity index (χ0n) is 9.37. The molecule has 0 saturated heterocycles. The van der Waals surface area contributed by atoms with E-state index in [1.54, 1.807) is 0 Å². The van der Waals surface area contributed by atoms with Crippen LogP contribution in [0.3, 0.4) is 0 Å². The van der Waals surface area contributed by atoms with Crippen LogP contribution in [0.25, 0.3) is 0 Å². The first-order chi connectivity index (χ1) is 8.08. The fourth-order valence-electron chi connectivity index (χ4n) is 1.15. The van der Waals surface area contributed by atoms with Gasteiger partial charge in [-0.15, -0.1) is 0 Å². The summed E-state index contributed by atoms with van der Waals surface area (Å²) in [6, 6.07) is 3.07. The molecule has 0 aliphatic carbocycles. The zero-order chi connectivity index (χ0) is 12.8. The number of halogens is 2. The van der Waals surface area contributed by atoms with Crippen molar-refractivity contribution in [2.75, 3.05) is 20.8 Å². The third-order valence-electron chi connectivity index (χ3n) is 1.94. The molecule has 0 aliphatic rings. The van der Waals surface area contributed by atoms with E-state index in [2.05, 4.69) is 0 Å². The van der Waals surface area contributed by atoms with Crippen LogP contribution in [-0.4, -0.2) is 25.9 Å². The minimum Gasteiger partial charge on any atom is -0.502 e. The van der Waals surface area contributed by atoms with Crippen LogP contribution in [0.1, 0.15) is 0 Å². The van der Waals surface area contributed by atoms with Crippen molar-refractivity contribution in [1.29, 1.82) is 0 Å². The maximum absolute atomic E-state index is 9.67. The highest BCUT2D eigenvalue weighted by molar-refractivity contribution is 6.55. The second-order valence-corrected chi connectivity index (χ2v) is 3.99. The maximum Gasteiger partial charge on any atom is 0.201 e. The van der Waals surface area contributed by atoms with Crippen LogP contribution in [0.15, 0.2) is 22.7 Å². The van der Waals surface area contributed by atoms with Crippen LogP contribution in [0.4, 0.5) is 0 Å². The van der Waals surface area contributed by atoms with Gasteiger partial charge < -0.3 is 19.3 Å². The van der Waals surface area contributed by atoms with Crippen molar-refractivity contribution in [3.63, 3.8) is 0 Å². The molecule has 0 bridgehead atoms. The molecule has 0 amide bonds. The molecule has 17 heavy (non-hydrogen) atoms. The van der Waals surface area contributed by atoms with Crippen molar-refractivity contribution in [2.45, 2.75) is 0 Å². The first kappa shape index (κ1) is 13.8. The molecule has 0 saturated carbocycles. The van der Waals surface area contributed by atoms with Crippen molar-refractivity contribution in [3.8, 4) is 23.0 Å². The Hall–Kier alpha value is -1.26. The standard InChI is InChI=1S/C11H12Cl2O4/c1-15-8-5-7(17-4-3-10(12)13)6-9(16-2)11(8)14/h3,5-6,14H,4H2,1-2H3. The van der Waals surface area contributed by atoms with E-state index in [1.807, 2.05) is 0 Å². The van der Waals surface area contributed by atoms with E-state index < -0.39 is 0 Å². The Bertz CT molecular complexity index is 389. The second-order valence-electron chi connectivity index (χ2n) is 2.98. The van der Waals surface area contributed by atoms with Crippen LogP contribution in [0.2, 0.25) is 0 Å². The Kier molecular flexibility index (Phi) is 5.25. The Balaban J connectivity index is 2.89. The van der Waals surface area contributed by atoms with Gasteiger partial charge in [-0.1, -0.05) is 23.2 Å². The molecule has 0 heterocycles. The van der Waals surface area contributed by atoms with Crippen molar-refractivity contribution >= 4 is 23.2 Å². The third kappa shape index (κ3) is 3.91. The van der Waals surface area contributed by atoms with Gasteiger partial charge in [0.2, 0.25) is 5.75 Å². The Morgan fingerprint density at radius 1 is 1.24 bits per heavy atom. The molecule has 0 radical (unpaired) electrons. The van der Waals surface area contributed by atoms with Gasteiger partial charge in [0.15, 0.2) is 11.5 Å². The van der Waals surface area contributed by atoms with Gasteiger partial charge in [-0.3, -0.25) is 0 Å². The number of benzene rings is 1. The second kappa shape index (κ2) is 6.47. The fraction of sp³-hybridized carbons (Fsp3) is 0.273. The first-order valence-electron chi connectivity index (χ1n) is 4.67. The van der Waals surface area contributed by atoms with E-state index >= 15 is 0 Å². The fourth-order valence-corrected chi connectivity index (χ4v) is 1.28. The molecule has 1 N–H and O–H groups in total. The minimum atomic E-state index is -0.0757. The highest BCUT2D eigenvalue weighted by atomic mass is 35.5. The Morgan fingerprint density at radius 2 is 1.76 bits per heavy atom. The van der Waals surface area contributed by atoms with Crippen molar-refractivity contribution < 1.29 is 19.3 Å². The average Bonchev–Trinajstić information content (AvgIpc) is 2.30. The summed E-state index contributed by atoms with van der Waals surface area (Å²) in [5.74, 6) is 0.927. The number of rotatable bonds is 5. The molecule has 4 nitrogen and oxygen atoms in total. The van der Waals surface area contributed by atoms with E-state index in [4.69, 9.17) is 37.4 Å². The van der Waals surface area contributed by atoms with Crippen LogP contribution >= 0.6 is 23.2 Å². The number of hydrogen-bond donors (Lipinski definition) is 1. The predicted molar refractivity (Wildman–Crippen MR) is 66.5 cm³/mol. The summed E-state index contributed by atoms with van der Waals surface area (Å²) >= 11 is 10.9. The number of ether oxygens (including phenoxy) is 3. The lowest BCUT2D eigenvalue weighted by Gasteiger charge is -2.11. The van der Waals surface area contributed by atoms with Crippen molar-refractivity contribution in [1.82, 2.24) is 0 Å². The van der Waals surface area contributed by atoms with Gasteiger partial charge in [0.1, 0.15) is 16.8 Å². The van der Waals surface area contributed by atoms with Crippen molar-refractivity contribution in [2.24, 2.45) is 0 Å². The zero-order valence-corrected chi connectivity index (χ0v) is 10.9. The molecule has 0 unspecified atom stereocenters. The predicted octanol–water partition coefficient (Wildman–Crippen LogP) is 3.11. The number of hydrogen-bond acceptors (Lipinski definition) is 4. The van der Waals surface area contributed by atoms with Crippen LogP contribution < -0.4 is 14.2 Å². The number of phenolic OH excluding ortho intramolecular Hbond substituents is 1. The third-order valence-corrected chi connectivity index (χ3v) is 2.25. The lowest BCUT2D eigenvalue weighted by Crippen LogP contribution is -1.96. The van der Waals surface area contributed by atoms with Crippen molar-refractivity contribution in [3.05, 3.63) is 22.7 Å². The summed E-state index contributed by atoms with van der Waals surface area (Å²) in [6.45, 7) is 0.208. The molecule has 0 aromatic heterocycles. The maximum atomic E-state index is 9.67. The van der Waals surface area contributed by atoms with Gasteiger partial charge in [0, 0.05) is 12.1 Å². The lowest BCUT2D eigenvalue weighted by molar-refractivity contribution is 0.324. The van der Waals surface area contributed by atoms with E-state index in [0.717, 1.165) is 0 Å². The molecule has 1 rings (SSSR count). The summed E-state index contributed by atoms with van der Waals surface area (Å²) in [7, 11) is 2.88. The molecule has 0 atom stereocenters. The molecular formula is C11H12Cl2O4. The number of methoxy groups -OCH3 is 2. The molecular weight excluding hydrogens is 267 g/mol. The average molecular weight is 279 g/mol. The number of phenols is 1. The van der Waals surface area contributed by atoms with Crippen LogP contribution in [0.5, 0.6) is 23.0 Å². The summed E-state index contributed by atoms with van der Waals surface area (Å²) in [5.41, 5.74) is 0. The normalized spacial score (nSPS) is 9.65.